The summed E-state index contributed by atoms with van der Waals surface area (Å²) in [7, 11) is -6.06. The summed E-state index contributed by atoms with van der Waals surface area (Å²) in [6.45, 7) is 33.4. The molecule has 0 radical (unpaired) electrons. The van der Waals surface area contributed by atoms with E-state index in [9.17, 15) is 13.5 Å². The topological polar surface area (TPSA) is 63.6 Å². The molecule has 0 amide bonds. The third-order valence-corrected chi connectivity index (χ3v) is 10.5. The van der Waals surface area contributed by atoms with Crippen LogP contribution in [0.5, 0.6) is 0 Å². The minimum absolute atomic E-state index is 0.0805. The molecule has 0 bridgehead atoms. The Hall–Kier alpha value is -0.996. The molecule has 0 saturated heterocycles. The van der Waals surface area contributed by atoms with Gasteiger partial charge in [0.25, 0.3) is 10.1 Å². The molecule has 1 rings (SSSR count). The van der Waals surface area contributed by atoms with Gasteiger partial charge in [-0.3, -0.25) is 4.18 Å². The molecular formula is C31H58O4SSi2. The van der Waals surface area contributed by atoms with Crippen molar-refractivity contribution >= 4 is 26.3 Å². The first-order chi connectivity index (χ1) is 17.2. The largest absolute Gasteiger partial charge is 0.396 e. The first-order valence-electron chi connectivity index (χ1n) is 14.1. The predicted octanol–water partition coefficient (Wildman–Crippen LogP) is 8.79. The third kappa shape index (κ3) is 16.9. The van der Waals surface area contributed by atoms with Gasteiger partial charge in [-0.1, -0.05) is 109 Å². The van der Waals surface area contributed by atoms with Gasteiger partial charge in [0.2, 0.25) is 0 Å². The van der Waals surface area contributed by atoms with E-state index in [0.717, 1.165) is 36.1 Å². The average Bonchev–Trinajstić information content (AvgIpc) is 2.72. The Morgan fingerprint density at radius 2 is 1.21 bits per heavy atom. The summed E-state index contributed by atoms with van der Waals surface area (Å²) in [6.07, 6.45) is 1.96. The third-order valence-electron chi connectivity index (χ3n) is 6.14. The number of aliphatic hydroxyl groups is 1. The SMILES string of the molecule is C=C(C[Si](C)(C)C)C(CO)CC(C)C.C=C(C[Si](C)(C)C)C(COS(=O)(=O)c1ccc(C)cc1)CC(C)C. The Morgan fingerprint density at radius 1 is 0.816 bits per heavy atom. The maximum atomic E-state index is 12.4. The predicted molar refractivity (Wildman–Crippen MR) is 172 cm³/mol. The highest BCUT2D eigenvalue weighted by atomic mass is 32.2. The van der Waals surface area contributed by atoms with E-state index < -0.39 is 26.3 Å². The molecule has 1 aromatic rings. The van der Waals surface area contributed by atoms with E-state index in [4.69, 9.17) is 4.18 Å². The lowest BCUT2D eigenvalue weighted by atomic mass is 9.92. The monoisotopic (exact) mass is 582 g/mol. The second-order valence-electron chi connectivity index (χ2n) is 14.2. The van der Waals surface area contributed by atoms with Crippen LogP contribution in [0, 0.1) is 30.6 Å². The molecule has 1 N–H and O–H groups in total. The molecule has 0 aliphatic rings. The van der Waals surface area contributed by atoms with Crippen LogP contribution in [-0.2, 0) is 14.3 Å². The van der Waals surface area contributed by atoms with E-state index in [1.165, 1.54) is 5.57 Å². The maximum absolute atomic E-state index is 12.4. The Kier molecular flexibility index (Phi) is 15.9. The highest BCUT2D eigenvalue weighted by Crippen LogP contribution is 2.28. The van der Waals surface area contributed by atoms with Gasteiger partial charge in [-0.2, -0.15) is 8.42 Å². The smallest absolute Gasteiger partial charge is 0.296 e. The molecule has 38 heavy (non-hydrogen) atoms. The second kappa shape index (κ2) is 16.3. The van der Waals surface area contributed by atoms with Crippen molar-refractivity contribution in [2.24, 2.45) is 23.7 Å². The molecule has 0 aliphatic heterocycles. The van der Waals surface area contributed by atoms with E-state index in [1.54, 1.807) is 24.3 Å². The van der Waals surface area contributed by atoms with Crippen LogP contribution in [0.3, 0.4) is 0 Å². The van der Waals surface area contributed by atoms with Gasteiger partial charge in [-0.25, -0.2) is 0 Å². The van der Waals surface area contributed by atoms with Crippen LogP contribution in [0.15, 0.2) is 53.5 Å². The number of rotatable bonds is 15. The molecule has 0 spiro atoms. The summed E-state index contributed by atoms with van der Waals surface area (Å²) in [5.74, 6) is 1.52. The van der Waals surface area contributed by atoms with Crippen LogP contribution in [0.25, 0.3) is 0 Å². The van der Waals surface area contributed by atoms with Crippen molar-refractivity contribution < 1.29 is 17.7 Å². The summed E-state index contributed by atoms with van der Waals surface area (Å²) in [4.78, 5) is 0.215. The fourth-order valence-electron chi connectivity index (χ4n) is 4.46. The lowest BCUT2D eigenvalue weighted by Gasteiger charge is -2.26. The van der Waals surface area contributed by atoms with Crippen LogP contribution in [0.2, 0.25) is 51.4 Å². The molecule has 0 saturated carbocycles. The van der Waals surface area contributed by atoms with Crippen molar-refractivity contribution in [3.8, 4) is 0 Å². The van der Waals surface area contributed by atoms with Gasteiger partial charge < -0.3 is 5.11 Å². The van der Waals surface area contributed by atoms with E-state index in [1.807, 2.05) is 6.92 Å². The zero-order chi connectivity index (χ0) is 29.9. The van der Waals surface area contributed by atoms with Crippen molar-refractivity contribution in [1.29, 1.82) is 0 Å². The summed E-state index contributed by atoms with van der Waals surface area (Å²) < 4.78 is 30.2. The number of benzene rings is 1. The van der Waals surface area contributed by atoms with Crippen LogP contribution in [0.1, 0.15) is 46.1 Å². The van der Waals surface area contributed by atoms with E-state index in [0.29, 0.717) is 17.8 Å². The van der Waals surface area contributed by atoms with Crippen molar-refractivity contribution in [1.82, 2.24) is 0 Å². The Balaban J connectivity index is 0.000000835. The van der Waals surface area contributed by atoms with Crippen molar-refractivity contribution in [2.45, 2.75) is 104 Å². The number of hydrogen-bond acceptors (Lipinski definition) is 4. The van der Waals surface area contributed by atoms with Gasteiger partial charge in [0.1, 0.15) is 0 Å². The number of aryl methyl sites for hydroxylation is 1. The van der Waals surface area contributed by atoms with E-state index in [2.05, 4.69) is 80.1 Å². The first-order valence-corrected chi connectivity index (χ1v) is 22.9. The molecule has 0 fully saturated rings. The highest BCUT2D eigenvalue weighted by Gasteiger charge is 2.24. The standard InChI is InChI=1S/C19H32O3SSi.C12H26OSi/c1-15(2)12-18(17(4)14-24(5,6)7)13-22-23(20,21)19-10-8-16(3)9-11-19;1-10(2)7-12(8-13)11(3)9-14(4,5)6/h8-11,15,18H,4,12-14H2,1-3,5-7H3;10,12-13H,3,7-9H2,1-2,4-6H3. The van der Waals surface area contributed by atoms with Crippen LogP contribution in [-0.4, -0.2) is 42.9 Å². The number of aliphatic hydroxyl groups excluding tert-OH is 1. The highest BCUT2D eigenvalue weighted by molar-refractivity contribution is 7.86. The van der Waals surface area contributed by atoms with Crippen molar-refractivity contribution in [3.63, 3.8) is 0 Å². The second-order valence-corrected chi connectivity index (χ2v) is 26.7. The summed E-state index contributed by atoms with van der Waals surface area (Å²) in [5, 5.41) is 9.30. The van der Waals surface area contributed by atoms with Crippen molar-refractivity contribution in [3.05, 3.63) is 54.1 Å². The van der Waals surface area contributed by atoms with Gasteiger partial charge in [0, 0.05) is 34.6 Å². The molecular weight excluding hydrogens is 525 g/mol. The average molecular weight is 583 g/mol. The Morgan fingerprint density at radius 3 is 1.58 bits per heavy atom. The Labute approximate surface area is 238 Å². The minimum atomic E-state index is -3.71. The van der Waals surface area contributed by atoms with Crippen LogP contribution in [0.4, 0.5) is 0 Å². The van der Waals surface area contributed by atoms with Gasteiger partial charge in [0.15, 0.2) is 0 Å². The zero-order valence-electron chi connectivity index (χ0n) is 26.4. The molecule has 2 atom stereocenters. The maximum Gasteiger partial charge on any atom is 0.296 e. The summed E-state index contributed by atoms with van der Waals surface area (Å²) >= 11 is 0. The van der Waals surface area contributed by atoms with Gasteiger partial charge >= 0.3 is 0 Å². The molecule has 0 aromatic heterocycles. The summed E-state index contributed by atoms with van der Waals surface area (Å²) in [5.41, 5.74) is 3.41. The van der Waals surface area contributed by atoms with Gasteiger partial charge in [-0.05, 0) is 55.8 Å². The summed E-state index contributed by atoms with van der Waals surface area (Å²) in [6, 6.07) is 8.90. The van der Waals surface area contributed by atoms with Gasteiger partial charge in [0.05, 0.1) is 11.5 Å². The molecule has 220 valence electrons. The zero-order valence-corrected chi connectivity index (χ0v) is 29.2. The molecule has 4 nitrogen and oxygen atoms in total. The van der Waals surface area contributed by atoms with Gasteiger partial charge in [-0.15, -0.1) is 0 Å². The van der Waals surface area contributed by atoms with Crippen LogP contribution >= 0.6 is 0 Å². The molecule has 0 aliphatic carbocycles. The normalized spacial score (nSPS) is 14.2. The van der Waals surface area contributed by atoms with Crippen LogP contribution < -0.4 is 0 Å². The quantitative estimate of drug-likeness (QED) is 0.127. The first kappa shape index (κ1) is 37.0. The molecule has 0 heterocycles. The lowest BCUT2D eigenvalue weighted by Crippen LogP contribution is -2.25. The van der Waals surface area contributed by atoms with E-state index in [-0.39, 0.29) is 24.0 Å². The number of hydrogen-bond donors (Lipinski definition) is 1. The Bertz CT molecular complexity index is 953. The van der Waals surface area contributed by atoms with Crippen molar-refractivity contribution in [2.75, 3.05) is 13.2 Å². The fraction of sp³-hybridized carbons (Fsp3) is 0.677. The molecule has 1 aromatic carbocycles. The fourth-order valence-corrected chi connectivity index (χ4v) is 8.71. The molecule has 7 heteroatoms. The van der Waals surface area contributed by atoms with E-state index >= 15 is 0 Å². The lowest BCUT2D eigenvalue weighted by molar-refractivity contribution is 0.228. The molecule has 2 unspecified atom stereocenters. The minimum Gasteiger partial charge on any atom is -0.396 e.